The Balaban J connectivity index is 2.35. The summed E-state index contributed by atoms with van der Waals surface area (Å²) < 4.78 is 18.2. The molecule has 0 radical (unpaired) electrons. The lowest BCUT2D eigenvalue weighted by atomic mass is 9.88. The van der Waals surface area contributed by atoms with Gasteiger partial charge in [0.2, 0.25) is 0 Å². The van der Waals surface area contributed by atoms with Crippen molar-refractivity contribution in [2.45, 2.75) is 25.3 Å². The van der Waals surface area contributed by atoms with E-state index in [-0.39, 0.29) is 17.1 Å². The average Bonchev–Trinajstić information content (AvgIpc) is 3.01. The maximum Gasteiger partial charge on any atom is 0.165 e. The van der Waals surface area contributed by atoms with Crippen LogP contribution in [-0.2, 0) is 5.54 Å². The highest BCUT2D eigenvalue weighted by atomic mass is 19.1. The standard InChI is InChI=1S/C12H16FNO/c1-12(14,8-3-4-8)9-5-6-10(13)11(7-9)15-2/h5-8H,3-4,14H2,1-2H3. The molecule has 0 heterocycles. The molecule has 2 rings (SSSR count). The van der Waals surface area contributed by atoms with Gasteiger partial charge in [0.15, 0.2) is 11.6 Å². The van der Waals surface area contributed by atoms with Crippen LogP contribution in [0.15, 0.2) is 18.2 Å². The van der Waals surface area contributed by atoms with Crippen LogP contribution in [0.1, 0.15) is 25.3 Å². The summed E-state index contributed by atoms with van der Waals surface area (Å²) in [7, 11) is 1.47. The third-order valence-corrected chi connectivity index (χ3v) is 3.20. The molecule has 1 saturated carbocycles. The number of hydrogen-bond acceptors (Lipinski definition) is 2. The minimum Gasteiger partial charge on any atom is -0.494 e. The van der Waals surface area contributed by atoms with Crippen molar-refractivity contribution >= 4 is 0 Å². The van der Waals surface area contributed by atoms with E-state index in [1.54, 1.807) is 12.1 Å². The molecule has 1 aliphatic rings. The van der Waals surface area contributed by atoms with E-state index in [0.29, 0.717) is 5.92 Å². The summed E-state index contributed by atoms with van der Waals surface area (Å²) >= 11 is 0. The molecule has 0 aliphatic heterocycles. The van der Waals surface area contributed by atoms with Gasteiger partial charge in [0.05, 0.1) is 7.11 Å². The van der Waals surface area contributed by atoms with Crippen LogP contribution >= 0.6 is 0 Å². The molecule has 0 aromatic heterocycles. The first-order valence-corrected chi connectivity index (χ1v) is 5.18. The smallest absolute Gasteiger partial charge is 0.165 e. The Hall–Kier alpha value is -1.09. The Morgan fingerprint density at radius 1 is 1.47 bits per heavy atom. The molecule has 1 unspecified atom stereocenters. The zero-order chi connectivity index (χ0) is 11.1. The first-order chi connectivity index (χ1) is 7.05. The molecule has 1 atom stereocenters. The molecule has 15 heavy (non-hydrogen) atoms. The first kappa shape index (κ1) is 10.4. The van der Waals surface area contributed by atoms with Crippen molar-refractivity contribution in [1.82, 2.24) is 0 Å². The minimum atomic E-state index is -0.360. The topological polar surface area (TPSA) is 35.2 Å². The van der Waals surface area contributed by atoms with Crippen LogP contribution in [0.2, 0.25) is 0 Å². The Bertz CT molecular complexity index is 372. The highest BCUT2D eigenvalue weighted by Gasteiger charge is 2.39. The zero-order valence-electron chi connectivity index (χ0n) is 9.09. The molecule has 1 fully saturated rings. The van der Waals surface area contributed by atoms with Crippen LogP contribution in [0.5, 0.6) is 5.75 Å². The van der Waals surface area contributed by atoms with Gasteiger partial charge in [0.1, 0.15) is 0 Å². The normalized spacial score (nSPS) is 19.7. The lowest BCUT2D eigenvalue weighted by molar-refractivity contribution is 0.378. The molecule has 3 heteroatoms. The highest BCUT2D eigenvalue weighted by Crippen LogP contribution is 2.44. The largest absolute Gasteiger partial charge is 0.494 e. The second kappa shape index (κ2) is 3.49. The lowest BCUT2D eigenvalue weighted by Gasteiger charge is -2.25. The van der Waals surface area contributed by atoms with Crippen molar-refractivity contribution in [1.29, 1.82) is 0 Å². The average molecular weight is 209 g/mol. The van der Waals surface area contributed by atoms with Crippen molar-refractivity contribution in [3.63, 3.8) is 0 Å². The fourth-order valence-corrected chi connectivity index (χ4v) is 1.91. The number of rotatable bonds is 3. The van der Waals surface area contributed by atoms with Crippen LogP contribution < -0.4 is 10.5 Å². The van der Waals surface area contributed by atoms with E-state index in [9.17, 15) is 4.39 Å². The number of benzene rings is 1. The maximum atomic E-state index is 13.2. The van der Waals surface area contributed by atoms with Crippen LogP contribution in [0, 0.1) is 11.7 Å². The van der Waals surface area contributed by atoms with Crippen molar-refractivity contribution in [2.24, 2.45) is 11.7 Å². The monoisotopic (exact) mass is 209 g/mol. The number of halogens is 1. The number of nitrogens with two attached hydrogens (primary N) is 1. The summed E-state index contributed by atoms with van der Waals surface area (Å²) in [5.74, 6) is 0.449. The summed E-state index contributed by atoms with van der Waals surface area (Å²) in [6.45, 7) is 2.00. The Morgan fingerprint density at radius 3 is 2.67 bits per heavy atom. The SMILES string of the molecule is COc1cc(C(C)(N)C2CC2)ccc1F. The third kappa shape index (κ3) is 1.84. The predicted octanol–water partition coefficient (Wildman–Crippen LogP) is 2.42. The van der Waals surface area contributed by atoms with E-state index in [1.807, 2.05) is 6.92 Å². The molecule has 2 N–H and O–H groups in total. The second-order valence-electron chi connectivity index (χ2n) is 4.41. The van der Waals surface area contributed by atoms with E-state index in [1.165, 1.54) is 13.2 Å². The second-order valence-corrected chi connectivity index (χ2v) is 4.41. The lowest BCUT2D eigenvalue weighted by Crippen LogP contribution is -2.35. The fraction of sp³-hybridized carbons (Fsp3) is 0.500. The Kier molecular flexibility index (Phi) is 2.43. The zero-order valence-corrected chi connectivity index (χ0v) is 9.09. The summed E-state index contributed by atoms with van der Waals surface area (Å²) in [6, 6.07) is 4.87. The van der Waals surface area contributed by atoms with Gasteiger partial charge >= 0.3 is 0 Å². The Morgan fingerprint density at radius 2 is 2.13 bits per heavy atom. The third-order valence-electron chi connectivity index (χ3n) is 3.20. The minimum absolute atomic E-state index is 0.268. The van der Waals surface area contributed by atoms with E-state index in [0.717, 1.165) is 18.4 Å². The molecular formula is C12H16FNO. The van der Waals surface area contributed by atoms with Gasteiger partial charge in [-0.2, -0.15) is 0 Å². The molecular weight excluding hydrogens is 193 g/mol. The van der Waals surface area contributed by atoms with Gasteiger partial charge in [0.25, 0.3) is 0 Å². The van der Waals surface area contributed by atoms with Crippen LogP contribution in [-0.4, -0.2) is 7.11 Å². The van der Waals surface area contributed by atoms with Gasteiger partial charge in [-0.3, -0.25) is 0 Å². The maximum absolute atomic E-state index is 13.2. The van der Waals surface area contributed by atoms with Gasteiger partial charge in [-0.1, -0.05) is 6.07 Å². The summed E-state index contributed by atoms with van der Waals surface area (Å²) in [5, 5.41) is 0. The van der Waals surface area contributed by atoms with Crippen molar-refractivity contribution in [3.8, 4) is 5.75 Å². The first-order valence-electron chi connectivity index (χ1n) is 5.18. The van der Waals surface area contributed by atoms with Gasteiger partial charge in [-0.05, 0) is 43.4 Å². The van der Waals surface area contributed by atoms with Crippen LogP contribution in [0.3, 0.4) is 0 Å². The molecule has 0 bridgehead atoms. The van der Waals surface area contributed by atoms with E-state index < -0.39 is 0 Å². The number of hydrogen-bond donors (Lipinski definition) is 1. The molecule has 1 aliphatic carbocycles. The van der Waals surface area contributed by atoms with Gasteiger partial charge in [-0.25, -0.2) is 4.39 Å². The van der Waals surface area contributed by atoms with Crippen molar-refractivity contribution < 1.29 is 9.13 Å². The van der Waals surface area contributed by atoms with E-state index >= 15 is 0 Å². The predicted molar refractivity (Wildman–Crippen MR) is 57.2 cm³/mol. The number of methoxy groups -OCH3 is 1. The van der Waals surface area contributed by atoms with Gasteiger partial charge in [-0.15, -0.1) is 0 Å². The molecule has 1 aromatic carbocycles. The van der Waals surface area contributed by atoms with E-state index in [4.69, 9.17) is 10.5 Å². The fourth-order valence-electron chi connectivity index (χ4n) is 1.91. The molecule has 0 saturated heterocycles. The van der Waals surface area contributed by atoms with Crippen molar-refractivity contribution in [3.05, 3.63) is 29.6 Å². The van der Waals surface area contributed by atoms with E-state index in [2.05, 4.69) is 0 Å². The van der Waals surface area contributed by atoms with Gasteiger partial charge in [0, 0.05) is 5.54 Å². The summed E-state index contributed by atoms with van der Waals surface area (Å²) in [5.41, 5.74) is 6.83. The molecule has 82 valence electrons. The Labute approximate surface area is 89.2 Å². The van der Waals surface area contributed by atoms with Crippen LogP contribution in [0.4, 0.5) is 4.39 Å². The molecule has 0 spiro atoms. The number of ether oxygens (including phenoxy) is 1. The summed E-state index contributed by atoms with van der Waals surface area (Å²) in [6.07, 6.45) is 2.32. The van der Waals surface area contributed by atoms with Gasteiger partial charge < -0.3 is 10.5 Å². The quantitative estimate of drug-likeness (QED) is 0.829. The highest BCUT2D eigenvalue weighted by molar-refractivity contribution is 5.35. The molecule has 1 aromatic rings. The molecule has 0 amide bonds. The van der Waals surface area contributed by atoms with Crippen molar-refractivity contribution in [2.75, 3.05) is 7.11 Å². The summed E-state index contributed by atoms with van der Waals surface area (Å²) in [4.78, 5) is 0. The van der Waals surface area contributed by atoms with Crippen LogP contribution in [0.25, 0.3) is 0 Å². The molecule has 2 nitrogen and oxygen atoms in total.